The number of fused-ring (bicyclic) bond motifs is 2. The van der Waals surface area contributed by atoms with Crippen molar-refractivity contribution in [2.75, 3.05) is 11.4 Å². The number of rotatable bonds is 4. The number of urea groups is 1. The van der Waals surface area contributed by atoms with Gasteiger partial charge in [-0.2, -0.15) is 5.26 Å². The molecule has 0 aliphatic carbocycles. The van der Waals surface area contributed by atoms with E-state index in [1.807, 2.05) is 78.9 Å². The van der Waals surface area contributed by atoms with Crippen LogP contribution in [0.25, 0.3) is 0 Å². The molecule has 1 aliphatic rings. The number of benzene rings is 3. The molecule has 138 valence electrons. The molecule has 3 aromatic carbocycles. The minimum absolute atomic E-state index is 0.112. The third-order valence-corrected chi connectivity index (χ3v) is 5.73. The molecule has 3 aromatic rings. The topological polar surface area (TPSA) is 47.3 Å². The van der Waals surface area contributed by atoms with Crippen LogP contribution in [0, 0.1) is 11.3 Å². The summed E-state index contributed by atoms with van der Waals surface area (Å²) in [5.74, 6) is 0. The van der Waals surface area contributed by atoms with Gasteiger partial charge in [0.1, 0.15) is 0 Å². The van der Waals surface area contributed by atoms with Crippen LogP contribution in [0.3, 0.4) is 0 Å². The summed E-state index contributed by atoms with van der Waals surface area (Å²) in [6.07, 6.45) is 0.296. The first-order valence-electron chi connectivity index (χ1n) is 9.14. The van der Waals surface area contributed by atoms with E-state index in [2.05, 4.69) is 6.07 Å². The largest absolute Gasteiger partial charge is 0.329 e. The Morgan fingerprint density at radius 3 is 2.07 bits per heavy atom. The predicted octanol–water partition coefficient (Wildman–Crippen LogP) is 5.83. The highest BCUT2D eigenvalue weighted by molar-refractivity contribution is 7.99. The van der Waals surface area contributed by atoms with Gasteiger partial charge >= 0.3 is 6.03 Å². The van der Waals surface area contributed by atoms with Crippen molar-refractivity contribution in [2.24, 2.45) is 0 Å². The van der Waals surface area contributed by atoms with Crippen molar-refractivity contribution in [1.29, 1.82) is 5.26 Å². The van der Waals surface area contributed by atoms with Gasteiger partial charge in [-0.3, -0.25) is 4.90 Å². The molecule has 0 atom stereocenters. The second-order valence-corrected chi connectivity index (χ2v) is 7.55. The van der Waals surface area contributed by atoms with Crippen LogP contribution in [0.4, 0.5) is 16.2 Å². The van der Waals surface area contributed by atoms with Crippen molar-refractivity contribution in [1.82, 2.24) is 4.90 Å². The molecule has 0 aromatic heterocycles. The van der Waals surface area contributed by atoms with E-state index in [1.165, 1.54) is 0 Å². The first kappa shape index (κ1) is 18.1. The number of hydrogen-bond acceptors (Lipinski definition) is 3. The molecule has 4 nitrogen and oxygen atoms in total. The third kappa shape index (κ3) is 3.60. The van der Waals surface area contributed by atoms with Crippen molar-refractivity contribution in [2.45, 2.75) is 22.8 Å². The summed E-state index contributed by atoms with van der Waals surface area (Å²) < 4.78 is 0. The van der Waals surface area contributed by atoms with Gasteiger partial charge in [-0.1, -0.05) is 66.4 Å². The Labute approximate surface area is 169 Å². The van der Waals surface area contributed by atoms with Gasteiger partial charge in [0.2, 0.25) is 0 Å². The van der Waals surface area contributed by atoms with Crippen LogP contribution >= 0.6 is 11.8 Å². The molecule has 5 heteroatoms. The maximum absolute atomic E-state index is 13.7. The van der Waals surface area contributed by atoms with E-state index in [9.17, 15) is 4.79 Å². The summed E-state index contributed by atoms with van der Waals surface area (Å²) in [7, 11) is 0. The molecule has 4 rings (SSSR count). The number of nitriles is 1. The van der Waals surface area contributed by atoms with E-state index < -0.39 is 0 Å². The summed E-state index contributed by atoms with van der Waals surface area (Å²) in [4.78, 5) is 19.3. The zero-order valence-electron chi connectivity index (χ0n) is 15.3. The monoisotopic (exact) mass is 385 g/mol. The Morgan fingerprint density at radius 2 is 1.46 bits per heavy atom. The SMILES string of the molecule is N#CCCN(Cc1ccccc1)C(=O)N1c2ccccc2Sc2ccccc21. The number of carbonyl (C=O) groups excluding carboxylic acids is 1. The van der Waals surface area contributed by atoms with E-state index in [4.69, 9.17) is 5.26 Å². The molecule has 2 amide bonds. The quantitative estimate of drug-likeness (QED) is 0.568. The number of para-hydroxylation sites is 2. The van der Waals surface area contributed by atoms with Crippen LogP contribution in [0.1, 0.15) is 12.0 Å². The molecule has 28 heavy (non-hydrogen) atoms. The highest BCUT2D eigenvalue weighted by Crippen LogP contribution is 2.48. The van der Waals surface area contributed by atoms with Crippen LogP contribution < -0.4 is 4.90 Å². The van der Waals surface area contributed by atoms with Crippen molar-refractivity contribution in [3.63, 3.8) is 0 Å². The molecular formula is C23H19N3OS. The molecule has 0 bridgehead atoms. The fourth-order valence-corrected chi connectivity index (χ4v) is 4.34. The Kier molecular flexibility index (Phi) is 5.31. The number of carbonyl (C=O) groups is 1. The summed E-state index contributed by atoms with van der Waals surface area (Å²) in [6, 6.07) is 27.8. The van der Waals surface area contributed by atoms with Gasteiger partial charge in [0.25, 0.3) is 0 Å². The van der Waals surface area contributed by atoms with Crippen molar-refractivity contribution >= 4 is 29.2 Å². The fraction of sp³-hybridized carbons (Fsp3) is 0.130. The first-order chi connectivity index (χ1) is 13.8. The van der Waals surface area contributed by atoms with Crippen molar-refractivity contribution < 1.29 is 4.79 Å². The lowest BCUT2D eigenvalue weighted by Crippen LogP contribution is -2.42. The van der Waals surface area contributed by atoms with Gasteiger partial charge in [-0.15, -0.1) is 0 Å². The van der Waals surface area contributed by atoms with Crippen LogP contribution in [0.15, 0.2) is 88.7 Å². The second kappa shape index (κ2) is 8.20. The van der Waals surface area contributed by atoms with Crippen molar-refractivity contribution in [3.8, 4) is 6.07 Å². The van der Waals surface area contributed by atoms with E-state index in [0.29, 0.717) is 19.5 Å². The number of hydrogen-bond donors (Lipinski definition) is 0. The molecule has 0 spiro atoms. The zero-order chi connectivity index (χ0) is 19.3. The average molecular weight is 385 g/mol. The molecular weight excluding hydrogens is 366 g/mol. The van der Waals surface area contributed by atoms with Gasteiger partial charge in [0.05, 0.1) is 23.9 Å². The number of anilines is 2. The lowest BCUT2D eigenvalue weighted by atomic mass is 10.2. The Hall–Kier alpha value is -3.23. The molecule has 0 fully saturated rings. The normalized spacial score (nSPS) is 11.9. The van der Waals surface area contributed by atoms with Crippen LogP contribution in [-0.4, -0.2) is 17.5 Å². The van der Waals surface area contributed by atoms with Gasteiger partial charge < -0.3 is 4.90 Å². The Bertz CT molecular complexity index is 984. The minimum Gasteiger partial charge on any atom is -0.319 e. The average Bonchev–Trinajstić information content (AvgIpc) is 2.75. The predicted molar refractivity (Wildman–Crippen MR) is 112 cm³/mol. The van der Waals surface area contributed by atoms with Gasteiger partial charge in [0.15, 0.2) is 0 Å². The molecule has 0 unspecified atom stereocenters. The summed E-state index contributed by atoms with van der Waals surface area (Å²) >= 11 is 1.67. The second-order valence-electron chi connectivity index (χ2n) is 6.47. The highest BCUT2D eigenvalue weighted by atomic mass is 32.2. The van der Waals surface area contributed by atoms with Crippen LogP contribution in [0.2, 0.25) is 0 Å². The van der Waals surface area contributed by atoms with Gasteiger partial charge in [-0.25, -0.2) is 4.79 Å². The maximum Gasteiger partial charge on any atom is 0.329 e. The van der Waals surface area contributed by atoms with E-state index in [0.717, 1.165) is 26.7 Å². The molecule has 0 radical (unpaired) electrons. The van der Waals surface area contributed by atoms with Gasteiger partial charge in [0, 0.05) is 22.9 Å². The van der Waals surface area contributed by atoms with Crippen LogP contribution in [-0.2, 0) is 6.54 Å². The smallest absolute Gasteiger partial charge is 0.319 e. The van der Waals surface area contributed by atoms with E-state index in [1.54, 1.807) is 21.6 Å². The lowest BCUT2D eigenvalue weighted by Gasteiger charge is -2.35. The molecule has 0 N–H and O–H groups in total. The third-order valence-electron chi connectivity index (χ3n) is 4.60. The summed E-state index contributed by atoms with van der Waals surface area (Å²) in [6.45, 7) is 0.855. The molecule has 1 heterocycles. The van der Waals surface area contributed by atoms with E-state index >= 15 is 0 Å². The molecule has 0 saturated carbocycles. The fourth-order valence-electron chi connectivity index (χ4n) is 3.28. The molecule has 0 saturated heterocycles. The molecule has 1 aliphatic heterocycles. The van der Waals surface area contributed by atoms with Crippen LogP contribution in [0.5, 0.6) is 0 Å². The number of nitrogens with zero attached hydrogens (tertiary/aromatic N) is 3. The summed E-state index contributed by atoms with van der Waals surface area (Å²) in [5.41, 5.74) is 2.80. The van der Waals surface area contributed by atoms with E-state index in [-0.39, 0.29) is 6.03 Å². The number of amides is 2. The van der Waals surface area contributed by atoms with Crippen molar-refractivity contribution in [3.05, 3.63) is 84.4 Å². The lowest BCUT2D eigenvalue weighted by molar-refractivity contribution is 0.205. The minimum atomic E-state index is -0.112. The van der Waals surface area contributed by atoms with Gasteiger partial charge in [-0.05, 0) is 29.8 Å². The Morgan fingerprint density at radius 1 is 0.893 bits per heavy atom. The highest BCUT2D eigenvalue weighted by Gasteiger charge is 2.30. The first-order valence-corrected chi connectivity index (χ1v) is 9.95. The Balaban J connectivity index is 1.73. The maximum atomic E-state index is 13.7. The zero-order valence-corrected chi connectivity index (χ0v) is 16.1. The standard InChI is InChI=1S/C23H19N3OS/c24-15-8-16-25(17-18-9-2-1-3-10-18)23(27)26-19-11-4-6-13-21(19)28-22-14-7-5-12-20(22)26/h1-7,9-14H,8,16-17H2. The summed E-state index contributed by atoms with van der Waals surface area (Å²) in [5, 5.41) is 9.08.